The first-order chi connectivity index (χ1) is 29.1. The summed E-state index contributed by atoms with van der Waals surface area (Å²) in [4.78, 5) is 19.5. The van der Waals surface area contributed by atoms with Gasteiger partial charge in [0.05, 0.1) is 16.8 Å². The summed E-state index contributed by atoms with van der Waals surface area (Å²) >= 11 is 0. The normalized spacial score (nSPS) is 32.1. The van der Waals surface area contributed by atoms with Crippen LogP contribution < -0.4 is 4.90 Å². The van der Waals surface area contributed by atoms with Gasteiger partial charge in [-0.2, -0.15) is 0 Å². The first kappa shape index (κ1) is 33.7. The lowest BCUT2D eigenvalue weighted by molar-refractivity contribution is -0.0115. The van der Waals surface area contributed by atoms with Crippen molar-refractivity contribution in [1.29, 1.82) is 0 Å². The van der Waals surface area contributed by atoms with Gasteiger partial charge in [0.1, 0.15) is 11.6 Å². The van der Waals surface area contributed by atoms with Gasteiger partial charge < -0.3 is 4.90 Å². The topological polar surface area (TPSA) is 41.9 Å². The molecule has 0 radical (unpaired) electrons. The van der Waals surface area contributed by atoms with Crippen LogP contribution in [-0.4, -0.2) is 15.0 Å². The van der Waals surface area contributed by atoms with E-state index in [1.54, 1.807) is 0 Å². The van der Waals surface area contributed by atoms with Crippen LogP contribution in [0.5, 0.6) is 0 Å². The maximum atomic E-state index is 5.75. The lowest BCUT2D eigenvalue weighted by Gasteiger charge is -2.56. The molecule has 5 aromatic carbocycles. The van der Waals surface area contributed by atoms with Crippen LogP contribution in [0.2, 0.25) is 0 Å². The van der Waals surface area contributed by atoms with Crippen molar-refractivity contribution in [1.82, 2.24) is 15.0 Å². The van der Waals surface area contributed by atoms with Crippen molar-refractivity contribution < 1.29 is 0 Å². The molecule has 1 spiro atoms. The van der Waals surface area contributed by atoms with E-state index in [4.69, 9.17) is 15.0 Å². The van der Waals surface area contributed by atoms with Gasteiger partial charge >= 0.3 is 0 Å². The van der Waals surface area contributed by atoms with Gasteiger partial charge in [0, 0.05) is 22.1 Å². The maximum Gasteiger partial charge on any atom is 0.163 e. The molecule has 0 saturated heterocycles. The predicted molar refractivity (Wildman–Crippen MR) is 235 cm³/mol. The number of hydrogen-bond donors (Lipinski definition) is 0. The van der Waals surface area contributed by atoms with Gasteiger partial charge in [-0.3, -0.25) is 0 Å². The maximum absolute atomic E-state index is 5.75. The zero-order valence-corrected chi connectivity index (χ0v) is 34.0. The molecule has 7 bridgehead atoms. The third kappa shape index (κ3) is 4.59. The first-order valence-corrected chi connectivity index (χ1v) is 23.1. The fraction of sp³-hybridized carbons (Fsp3) is 0.400. The van der Waals surface area contributed by atoms with Crippen LogP contribution >= 0.6 is 0 Å². The molecule has 59 heavy (non-hydrogen) atoms. The summed E-state index contributed by atoms with van der Waals surface area (Å²) in [6.45, 7) is 0. The molecular formula is C55H52N4. The average Bonchev–Trinajstić information content (AvgIpc) is 3.56. The summed E-state index contributed by atoms with van der Waals surface area (Å²) in [7, 11) is 0. The Balaban J connectivity index is 0.906. The number of fused-ring (bicyclic) bond motifs is 11. The molecule has 4 unspecified atom stereocenters. The van der Waals surface area contributed by atoms with Crippen molar-refractivity contribution in [3.8, 4) is 22.5 Å². The molecule has 7 saturated carbocycles. The highest BCUT2D eigenvalue weighted by Gasteiger charge is 2.56. The number of hydrogen-bond acceptors (Lipinski definition) is 4. The molecule has 4 nitrogen and oxygen atoms in total. The quantitative estimate of drug-likeness (QED) is 0.179. The molecule has 4 atom stereocenters. The second-order valence-electron chi connectivity index (χ2n) is 20.7. The summed E-state index contributed by atoms with van der Waals surface area (Å²) < 4.78 is 0. The number of rotatable bonds is 4. The first-order valence-electron chi connectivity index (χ1n) is 23.1. The number of benzene rings is 5. The van der Waals surface area contributed by atoms with Gasteiger partial charge in [-0.15, -0.1) is 0 Å². The number of para-hydroxylation sites is 2. The number of aromatic nitrogens is 3. The van der Waals surface area contributed by atoms with E-state index in [1.165, 1.54) is 128 Å². The number of nitrogens with zero attached hydrogens (tertiary/aromatic N) is 4. The highest BCUT2D eigenvalue weighted by molar-refractivity contribution is 5.95. The van der Waals surface area contributed by atoms with Crippen LogP contribution in [0.1, 0.15) is 117 Å². The van der Waals surface area contributed by atoms with Gasteiger partial charge in [-0.1, -0.05) is 91.3 Å². The van der Waals surface area contributed by atoms with Crippen molar-refractivity contribution in [2.45, 2.75) is 99.7 Å². The Morgan fingerprint density at radius 2 is 0.983 bits per heavy atom. The van der Waals surface area contributed by atoms with Crippen molar-refractivity contribution in [3.63, 3.8) is 0 Å². The zero-order valence-electron chi connectivity index (χ0n) is 34.0. The smallest absolute Gasteiger partial charge is 0.163 e. The Hall–Kier alpha value is -5.09. The van der Waals surface area contributed by atoms with Gasteiger partial charge in [-0.05, 0) is 182 Å². The van der Waals surface area contributed by atoms with Crippen LogP contribution in [0.25, 0.3) is 22.5 Å². The number of anilines is 3. The molecule has 9 aliphatic rings. The summed E-state index contributed by atoms with van der Waals surface area (Å²) in [5.41, 5.74) is 12.7. The molecule has 4 heteroatoms. The minimum atomic E-state index is -0.401. The predicted octanol–water partition coefficient (Wildman–Crippen LogP) is 13.0. The van der Waals surface area contributed by atoms with Crippen LogP contribution in [0, 0.1) is 35.5 Å². The SMILES string of the molecule is c1ccc2c(c1)-c1ccccc1C21c2ccccc2N(c2ccc(-c3nc(C45CC6CC(CC(C6)C4)C5)nc(C45CCC6CCC(CC6C4)C5)n3)cc2)c2ccccc21. The van der Waals surface area contributed by atoms with Crippen molar-refractivity contribution in [2.75, 3.05) is 4.90 Å². The molecule has 1 aromatic heterocycles. The molecule has 1 aliphatic heterocycles. The van der Waals surface area contributed by atoms with Gasteiger partial charge in [0.2, 0.25) is 0 Å². The summed E-state index contributed by atoms with van der Waals surface area (Å²) in [6.07, 6.45) is 17.6. The van der Waals surface area contributed by atoms with Crippen molar-refractivity contribution >= 4 is 17.1 Å². The Labute approximate surface area is 348 Å². The summed E-state index contributed by atoms with van der Waals surface area (Å²) in [6, 6.07) is 45.7. The molecular weight excluding hydrogens is 717 g/mol. The molecule has 8 aliphatic carbocycles. The standard InChI is InChI=1S/C55H52N4/c1-3-11-44-42(9-1)43-10-2-4-12-45(43)55(44)46-13-5-7-15-48(46)59(49-16-8-6-14-47(49)55)41-21-19-39(20-22-41)50-56-51(53-24-23-38-18-17-34(29-53)28-40(38)33-53)58-52(57-50)54-30-35-25-36(31-54)27-37(26-35)32-54/h1-16,19-22,34-38,40H,17-18,23-33H2. The van der Waals surface area contributed by atoms with E-state index < -0.39 is 5.41 Å². The Bertz CT molecular complexity index is 2560. The fourth-order valence-electron chi connectivity index (χ4n) is 15.8. The largest absolute Gasteiger partial charge is 0.310 e. The lowest BCUT2D eigenvalue weighted by Crippen LogP contribution is -2.50. The van der Waals surface area contributed by atoms with Crippen LogP contribution in [-0.2, 0) is 16.2 Å². The Morgan fingerprint density at radius 3 is 1.61 bits per heavy atom. The van der Waals surface area contributed by atoms with Crippen molar-refractivity contribution in [3.05, 3.63) is 155 Å². The minimum absolute atomic E-state index is 0.119. The summed E-state index contributed by atoms with van der Waals surface area (Å²) in [5.74, 6) is 8.43. The average molecular weight is 769 g/mol. The van der Waals surface area contributed by atoms with Gasteiger partial charge in [-0.25, -0.2) is 15.0 Å². The Kier molecular flexibility index (Phi) is 6.87. The van der Waals surface area contributed by atoms with Crippen LogP contribution in [0.15, 0.2) is 121 Å². The van der Waals surface area contributed by atoms with Gasteiger partial charge in [0.25, 0.3) is 0 Å². The molecule has 15 rings (SSSR count). The minimum Gasteiger partial charge on any atom is -0.310 e. The molecule has 292 valence electrons. The van der Waals surface area contributed by atoms with E-state index in [2.05, 4.69) is 126 Å². The fourth-order valence-corrected chi connectivity index (χ4v) is 15.8. The molecule has 0 amide bonds. The highest BCUT2D eigenvalue weighted by atomic mass is 15.2. The van der Waals surface area contributed by atoms with E-state index in [0.29, 0.717) is 0 Å². The Morgan fingerprint density at radius 1 is 0.441 bits per heavy atom. The van der Waals surface area contributed by atoms with E-state index in [-0.39, 0.29) is 10.8 Å². The molecule has 2 heterocycles. The monoisotopic (exact) mass is 768 g/mol. The van der Waals surface area contributed by atoms with E-state index >= 15 is 0 Å². The molecule has 6 aromatic rings. The molecule has 7 fully saturated rings. The summed E-state index contributed by atoms with van der Waals surface area (Å²) in [5, 5.41) is 0. The van der Waals surface area contributed by atoms with Crippen LogP contribution in [0.3, 0.4) is 0 Å². The van der Waals surface area contributed by atoms with Gasteiger partial charge in [0.15, 0.2) is 5.82 Å². The second-order valence-corrected chi connectivity index (χ2v) is 20.7. The third-order valence-corrected chi connectivity index (χ3v) is 17.6. The van der Waals surface area contributed by atoms with E-state index in [0.717, 1.165) is 64.2 Å². The second kappa shape index (κ2) is 12.0. The third-order valence-electron chi connectivity index (χ3n) is 17.6. The zero-order chi connectivity index (χ0) is 38.5. The lowest BCUT2D eigenvalue weighted by atomic mass is 9.49. The van der Waals surface area contributed by atoms with E-state index in [1.807, 2.05) is 0 Å². The molecule has 0 N–H and O–H groups in total. The van der Waals surface area contributed by atoms with Crippen molar-refractivity contribution in [2.24, 2.45) is 35.5 Å². The van der Waals surface area contributed by atoms with E-state index in [9.17, 15) is 0 Å². The van der Waals surface area contributed by atoms with Crippen LogP contribution in [0.4, 0.5) is 17.1 Å². The highest BCUT2D eigenvalue weighted by Crippen LogP contribution is 2.64.